The fourth-order valence-corrected chi connectivity index (χ4v) is 4.40. The number of nitrogens with zero attached hydrogens (tertiary/aromatic N) is 2. The van der Waals surface area contributed by atoms with Gasteiger partial charge in [0.05, 0.1) is 31.8 Å². The zero-order valence-electron chi connectivity index (χ0n) is 18.8. The van der Waals surface area contributed by atoms with Gasteiger partial charge in [0.15, 0.2) is 0 Å². The lowest BCUT2D eigenvalue weighted by Crippen LogP contribution is -2.45. The summed E-state index contributed by atoms with van der Waals surface area (Å²) in [6.07, 6.45) is 0.178. The maximum Gasteiger partial charge on any atom is 0.227 e. The Bertz CT molecular complexity index is 945. The van der Waals surface area contributed by atoms with Gasteiger partial charge in [-0.05, 0) is 48.9 Å². The molecule has 2 amide bonds. The van der Waals surface area contributed by atoms with Crippen LogP contribution in [0, 0.1) is 11.7 Å². The van der Waals surface area contributed by atoms with Gasteiger partial charge >= 0.3 is 0 Å². The van der Waals surface area contributed by atoms with Crippen LogP contribution in [0.2, 0.25) is 0 Å². The molecule has 2 fully saturated rings. The molecule has 1 N–H and O–H groups in total. The fraction of sp³-hybridized carbons (Fsp3) is 0.440. The standard InChI is InChI=1S/C25H30FN3O4/c1-2-33-22-9-7-21(8-10-22)29-17-19(15-24(29)30)25(31)27-16-23(28-11-13-32-14-12-28)18-3-5-20(26)6-4-18/h3-10,19,23H,2,11-17H2,1H3,(H,27,31). The summed E-state index contributed by atoms with van der Waals surface area (Å²) in [5.74, 6) is -0.165. The first-order valence-corrected chi connectivity index (χ1v) is 11.4. The second-order valence-corrected chi connectivity index (χ2v) is 8.29. The van der Waals surface area contributed by atoms with E-state index >= 15 is 0 Å². The molecular weight excluding hydrogens is 425 g/mol. The predicted octanol–water partition coefficient (Wildman–Crippen LogP) is 2.77. The number of hydrogen-bond acceptors (Lipinski definition) is 5. The number of rotatable bonds is 8. The number of carbonyl (C=O) groups is 2. The Labute approximate surface area is 193 Å². The second kappa shape index (κ2) is 10.8. The van der Waals surface area contributed by atoms with Gasteiger partial charge < -0.3 is 19.7 Å². The van der Waals surface area contributed by atoms with Crippen molar-refractivity contribution in [1.82, 2.24) is 10.2 Å². The Morgan fingerprint density at radius 3 is 2.52 bits per heavy atom. The van der Waals surface area contributed by atoms with Crippen LogP contribution >= 0.6 is 0 Å². The van der Waals surface area contributed by atoms with Crippen LogP contribution in [0.4, 0.5) is 10.1 Å². The van der Waals surface area contributed by atoms with Gasteiger partial charge in [-0.15, -0.1) is 0 Å². The molecule has 0 saturated carbocycles. The number of ether oxygens (including phenoxy) is 2. The van der Waals surface area contributed by atoms with Gasteiger partial charge in [-0.2, -0.15) is 0 Å². The lowest BCUT2D eigenvalue weighted by Gasteiger charge is -2.35. The maximum absolute atomic E-state index is 13.4. The van der Waals surface area contributed by atoms with E-state index in [-0.39, 0.29) is 30.1 Å². The zero-order chi connectivity index (χ0) is 23.2. The monoisotopic (exact) mass is 455 g/mol. The smallest absolute Gasteiger partial charge is 0.227 e. The van der Waals surface area contributed by atoms with Crippen LogP contribution in [0.1, 0.15) is 24.9 Å². The van der Waals surface area contributed by atoms with E-state index in [0.717, 1.165) is 30.1 Å². The highest BCUT2D eigenvalue weighted by Gasteiger charge is 2.35. The quantitative estimate of drug-likeness (QED) is 0.663. The van der Waals surface area contributed by atoms with Crippen LogP contribution < -0.4 is 15.0 Å². The minimum atomic E-state index is -0.414. The lowest BCUT2D eigenvalue weighted by molar-refractivity contribution is -0.126. The van der Waals surface area contributed by atoms with E-state index in [0.29, 0.717) is 32.9 Å². The number of anilines is 1. The number of morpholine rings is 1. The molecule has 2 aliphatic heterocycles. The molecule has 2 heterocycles. The number of amides is 2. The van der Waals surface area contributed by atoms with Crippen molar-refractivity contribution in [3.8, 4) is 5.75 Å². The van der Waals surface area contributed by atoms with Crippen LogP contribution in [-0.2, 0) is 14.3 Å². The maximum atomic E-state index is 13.4. The Morgan fingerprint density at radius 2 is 1.85 bits per heavy atom. The first-order chi connectivity index (χ1) is 16.0. The summed E-state index contributed by atoms with van der Waals surface area (Å²) < 4.78 is 24.4. The van der Waals surface area contributed by atoms with E-state index in [2.05, 4.69) is 10.2 Å². The number of carbonyl (C=O) groups excluding carboxylic acids is 2. The summed E-state index contributed by atoms with van der Waals surface area (Å²) in [5.41, 5.74) is 1.70. The molecule has 0 aromatic heterocycles. The summed E-state index contributed by atoms with van der Waals surface area (Å²) in [4.78, 5) is 29.5. The van der Waals surface area contributed by atoms with Crippen LogP contribution in [0.25, 0.3) is 0 Å². The van der Waals surface area contributed by atoms with Gasteiger partial charge in [-0.25, -0.2) is 4.39 Å². The van der Waals surface area contributed by atoms with Crippen molar-refractivity contribution in [3.05, 3.63) is 59.9 Å². The summed E-state index contributed by atoms with van der Waals surface area (Å²) in [7, 11) is 0. The molecule has 2 aromatic carbocycles. The number of benzene rings is 2. The molecule has 7 nitrogen and oxygen atoms in total. The van der Waals surface area contributed by atoms with Gasteiger partial charge in [0.2, 0.25) is 11.8 Å². The normalized spacial score (nSPS) is 20.0. The van der Waals surface area contributed by atoms with E-state index < -0.39 is 5.92 Å². The zero-order valence-corrected chi connectivity index (χ0v) is 18.8. The van der Waals surface area contributed by atoms with Crippen LogP contribution in [-0.4, -0.2) is 62.7 Å². The molecule has 33 heavy (non-hydrogen) atoms. The highest BCUT2D eigenvalue weighted by atomic mass is 19.1. The number of halogens is 1. The number of hydrogen-bond donors (Lipinski definition) is 1. The van der Waals surface area contributed by atoms with Gasteiger partial charge in [0.1, 0.15) is 11.6 Å². The lowest BCUT2D eigenvalue weighted by atomic mass is 10.0. The Morgan fingerprint density at radius 1 is 1.15 bits per heavy atom. The van der Waals surface area contributed by atoms with E-state index in [1.165, 1.54) is 12.1 Å². The fourth-order valence-electron chi connectivity index (χ4n) is 4.40. The van der Waals surface area contributed by atoms with Crippen molar-refractivity contribution < 1.29 is 23.5 Å². The Kier molecular flexibility index (Phi) is 7.57. The highest BCUT2D eigenvalue weighted by Crippen LogP contribution is 2.28. The largest absolute Gasteiger partial charge is 0.494 e. The Balaban J connectivity index is 1.39. The molecule has 0 radical (unpaired) electrons. The van der Waals surface area contributed by atoms with Gasteiger partial charge in [0.25, 0.3) is 0 Å². The van der Waals surface area contributed by atoms with Crippen molar-refractivity contribution in [1.29, 1.82) is 0 Å². The van der Waals surface area contributed by atoms with E-state index in [1.807, 2.05) is 31.2 Å². The van der Waals surface area contributed by atoms with Crippen molar-refractivity contribution in [2.45, 2.75) is 19.4 Å². The molecule has 0 bridgehead atoms. The van der Waals surface area contributed by atoms with E-state index in [9.17, 15) is 14.0 Å². The SMILES string of the molecule is CCOc1ccc(N2CC(C(=O)NCC(c3ccc(F)cc3)N3CCOCC3)CC2=O)cc1. The third-order valence-corrected chi connectivity index (χ3v) is 6.17. The third kappa shape index (κ3) is 5.69. The summed E-state index contributed by atoms with van der Waals surface area (Å²) in [5, 5.41) is 3.04. The first-order valence-electron chi connectivity index (χ1n) is 11.4. The molecule has 2 aliphatic rings. The van der Waals surface area contributed by atoms with Gasteiger partial charge in [-0.3, -0.25) is 14.5 Å². The highest BCUT2D eigenvalue weighted by molar-refractivity contribution is 6.00. The minimum absolute atomic E-state index is 0.0671. The first kappa shape index (κ1) is 23.2. The van der Waals surface area contributed by atoms with E-state index in [1.54, 1.807) is 17.0 Å². The molecule has 0 aliphatic carbocycles. The second-order valence-electron chi connectivity index (χ2n) is 8.29. The molecule has 2 aromatic rings. The van der Waals surface area contributed by atoms with Crippen LogP contribution in [0.15, 0.2) is 48.5 Å². The van der Waals surface area contributed by atoms with Crippen molar-refractivity contribution in [2.24, 2.45) is 5.92 Å². The summed E-state index contributed by atoms with van der Waals surface area (Å²) in [6.45, 7) is 5.96. The molecular formula is C25H30FN3O4. The summed E-state index contributed by atoms with van der Waals surface area (Å²) >= 11 is 0. The van der Waals surface area contributed by atoms with E-state index in [4.69, 9.17) is 9.47 Å². The van der Waals surface area contributed by atoms with Crippen molar-refractivity contribution >= 4 is 17.5 Å². The van der Waals surface area contributed by atoms with Crippen LogP contribution in [0.3, 0.4) is 0 Å². The predicted molar refractivity (Wildman–Crippen MR) is 123 cm³/mol. The number of nitrogens with one attached hydrogen (secondary N) is 1. The molecule has 2 saturated heterocycles. The van der Waals surface area contributed by atoms with Crippen LogP contribution in [0.5, 0.6) is 5.75 Å². The molecule has 4 rings (SSSR count). The molecule has 2 unspecified atom stereocenters. The third-order valence-electron chi connectivity index (χ3n) is 6.17. The molecule has 0 spiro atoms. The van der Waals surface area contributed by atoms with Crippen molar-refractivity contribution in [3.63, 3.8) is 0 Å². The average Bonchev–Trinajstić information content (AvgIpc) is 3.23. The van der Waals surface area contributed by atoms with Crippen molar-refractivity contribution in [2.75, 3.05) is 50.9 Å². The topological polar surface area (TPSA) is 71.1 Å². The Hall–Kier alpha value is -2.97. The molecule has 8 heteroatoms. The minimum Gasteiger partial charge on any atom is -0.494 e. The van der Waals surface area contributed by atoms with Gasteiger partial charge in [0, 0.05) is 38.3 Å². The van der Waals surface area contributed by atoms with Gasteiger partial charge in [-0.1, -0.05) is 12.1 Å². The summed E-state index contributed by atoms with van der Waals surface area (Å²) in [6, 6.07) is 13.6. The molecule has 176 valence electrons. The molecule has 2 atom stereocenters. The average molecular weight is 456 g/mol.